The van der Waals surface area contributed by atoms with Crippen LogP contribution in [0.5, 0.6) is 5.88 Å². The van der Waals surface area contributed by atoms with Gasteiger partial charge in [-0.1, -0.05) is 14.8 Å². The Bertz CT molecular complexity index is 1840. The van der Waals surface area contributed by atoms with Crippen LogP contribution in [0, 0.1) is 0 Å². The van der Waals surface area contributed by atoms with Crippen LogP contribution in [0.3, 0.4) is 0 Å². The summed E-state index contributed by atoms with van der Waals surface area (Å²) < 4.78 is 45.9. The molecule has 2 N–H and O–H groups in total. The predicted molar refractivity (Wildman–Crippen MR) is 198 cm³/mol. The molecule has 5 heterocycles. The maximum Gasteiger partial charge on any atom is 0.422 e. The first-order valence-electron chi connectivity index (χ1n) is 17.8. The molecule has 0 unspecified atom stereocenters. The van der Waals surface area contributed by atoms with E-state index in [1.54, 1.807) is 18.6 Å². The van der Waals surface area contributed by atoms with E-state index < -0.39 is 20.7 Å². The average molecular weight is 723 g/mol. The van der Waals surface area contributed by atoms with E-state index in [-0.39, 0.29) is 11.8 Å². The van der Waals surface area contributed by atoms with Gasteiger partial charge in [-0.25, -0.2) is 4.98 Å². The van der Waals surface area contributed by atoms with Crippen LogP contribution in [0.15, 0.2) is 36.8 Å². The van der Waals surface area contributed by atoms with Crippen molar-refractivity contribution in [2.75, 3.05) is 81.8 Å². The molecule has 15 heteroatoms. The number of piperazine rings is 1. The first-order chi connectivity index (χ1) is 24.6. The van der Waals surface area contributed by atoms with Gasteiger partial charge < -0.3 is 25.2 Å². The molecule has 3 aromatic heterocycles. The largest absolute Gasteiger partial charge is 0.466 e. The summed E-state index contributed by atoms with van der Waals surface area (Å²) in [5.41, 5.74) is 4.80. The van der Waals surface area contributed by atoms with Gasteiger partial charge in [0, 0.05) is 80.5 Å². The predicted octanol–water partition coefficient (Wildman–Crippen LogP) is 6.27. The molecule has 51 heavy (non-hydrogen) atoms. The smallest absolute Gasteiger partial charge is 0.422 e. The third kappa shape index (κ3) is 8.29. The van der Waals surface area contributed by atoms with Gasteiger partial charge in [0.25, 0.3) is 0 Å². The first-order valence-corrected chi connectivity index (χ1v) is 20.0. The van der Waals surface area contributed by atoms with E-state index in [4.69, 9.17) is 14.7 Å². The van der Waals surface area contributed by atoms with Crippen molar-refractivity contribution in [1.29, 1.82) is 0 Å². The minimum absolute atomic E-state index is 0.122. The summed E-state index contributed by atoms with van der Waals surface area (Å²) >= 11 is 0. The second-order valence-corrected chi connectivity index (χ2v) is 16.2. The summed E-state index contributed by atoms with van der Waals surface area (Å²) in [5.74, 6) is 1.78. The maximum absolute atomic E-state index is 13.5. The van der Waals surface area contributed by atoms with Gasteiger partial charge in [0.2, 0.25) is 11.8 Å². The van der Waals surface area contributed by atoms with Crippen molar-refractivity contribution in [3.8, 4) is 5.88 Å². The van der Waals surface area contributed by atoms with Crippen LogP contribution in [-0.2, 0) is 6.42 Å². The van der Waals surface area contributed by atoms with Crippen molar-refractivity contribution in [3.05, 3.63) is 47.9 Å². The van der Waals surface area contributed by atoms with Crippen LogP contribution in [0.4, 0.5) is 42.1 Å². The van der Waals surface area contributed by atoms with E-state index >= 15 is 0 Å². The van der Waals surface area contributed by atoms with E-state index in [1.807, 2.05) is 25.1 Å². The van der Waals surface area contributed by atoms with Crippen LogP contribution in [0.25, 0.3) is 11.0 Å². The molecule has 2 aliphatic heterocycles. The van der Waals surface area contributed by atoms with Crippen LogP contribution in [0.2, 0.25) is 0 Å². The number of ether oxygens (including phenoxy) is 1. The third-order valence-electron chi connectivity index (χ3n) is 10.0. The van der Waals surface area contributed by atoms with Crippen molar-refractivity contribution in [2.24, 2.45) is 0 Å². The molecule has 2 saturated heterocycles. The molecule has 11 nitrogen and oxygen atoms in total. The lowest BCUT2D eigenvalue weighted by Crippen LogP contribution is -2.52. The molecular weight excluding hydrogens is 676 g/mol. The number of halogens is 3. The Hall–Kier alpha value is -3.87. The number of pyridine rings is 1. The Kier molecular flexibility index (Phi) is 10.5. The normalized spacial score (nSPS) is 18.1. The standard InChI is InChI=1S/C36H46F3N10OP/c1-5-23-20-29(34(50-22-36(37,38)39)46-33(23)49-14-10-25(11-15-49)48-18-16-47(2)17-19-48)44-35-42-21-26(24-6-7-24)32(45-35)43-28-9-8-27-30(31(28)51(3)4)41-13-12-40-27/h8-9,12-13,20-21,24-25H,5-7,10-11,14-19,22H2,1-4H3,(H2,42,43,44,45). The molecule has 7 rings (SSSR count). The number of alkyl halides is 3. The van der Waals surface area contributed by atoms with Crippen LogP contribution in [0.1, 0.15) is 49.7 Å². The Labute approximate surface area is 298 Å². The molecular formula is C36H46F3N10OP. The SMILES string of the molecule is CCc1cc(Nc2ncc(C3CC3)c(Nc3ccc4nccnc4c3P(C)C)n2)c(OCC(F)(F)F)nc1N1CCC(N2CCN(C)CC2)CC1. The molecule has 0 bridgehead atoms. The number of hydrogen-bond donors (Lipinski definition) is 2. The summed E-state index contributed by atoms with van der Waals surface area (Å²) in [6.07, 6.45) is 5.37. The van der Waals surface area contributed by atoms with Crippen molar-refractivity contribution in [3.63, 3.8) is 0 Å². The lowest BCUT2D eigenvalue weighted by Gasteiger charge is -2.42. The molecule has 0 spiro atoms. The van der Waals surface area contributed by atoms with Gasteiger partial charge in [0.05, 0.1) is 11.0 Å². The lowest BCUT2D eigenvalue weighted by molar-refractivity contribution is -0.153. The van der Waals surface area contributed by atoms with Crippen molar-refractivity contribution in [2.45, 2.75) is 57.2 Å². The minimum Gasteiger partial charge on any atom is -0.466 e. The number of benzene rings is 1. The summed E-state index contributed by atoms with van der Waals surface area (Å²) in [6.45, 7) is 10.8. The number of fused-ring (bicyclic) bond motifs is 1. The molecule has 1 aliphatic carbocycles. The van der Waals surface area contributed by atoms with Gasteiger partial charge in [-0.15, -0.1) is 0 Å². The third-order valence-corrected chi connectivity index (χ3v) is 11.4. The molecule has 1 saturated carbocycles. The Balaban J connectivity index is 1.17. The zero-order valence-corrected chi connectivity index (χ0v) is 30.6. The fourth-order valence-corrected chi connectivity index (χ4v) is 8.32. The van der Waals surface area contributed by atoms with Gasteiger partial charge in [0.1, 0.15) is 17.3 Å². The number of aryl methyl sites for hydroxylation is 1. The molecule has 1 aromatic carbocycles. The highest BCUT2D eigenvalue weighted by atomic mass is 31.1. The number of hydrogen-bond acceptors (Lipinski definition) is 11. The highest BCUT2D eigenvalue weighted by Crippen LogP contribution is 2.44. The molecule has 3 aliphatic rings. The topological polar surface area (TPSA) is 107 Å². The first kappa shape index (κ1) is 35.5. The number of aromatic nitrogens is 5. The zero-order chi connectivity index (χ0) is 35.7. The molecule has 4 aromatic rings. The van der Waals surface area contributed by atoms with Crippen molar-refractivity contribution < 1.29 is 17.9 Å². The summed E-state index contributed by atoms with van der Waals surface area (Å²) in [5, 5.41) is 7.85. The molecule has 0 amide bonds. The zero-order valence-electron chi connectivity index (χ0n) is 29.7. The molecule has 0 radical (unpaired) electrons. The highest BCUT2D eigenvalue weighted by Gasteiger charge is 2.32. The van der Waals surface area contributed by atoms with Crippen LogP contribution < -0.4 is 25.6 Å². The van der Waals surface area contributed by atoms with Crippen LogP contribution >= 0.6 is 7.92 Å². The number of rotatable bonds is 11. The number of nitrogens with one attached hydrogen (secondary N) is 2. The lowest BCUT2D eigenvalue weighted by atomic mass is 10.0. The van der Waals surface area contributed by atoms with E-state index in [9.17, 15) is 13.2 Å². The van der Waals surface area contributed by atoms with Gasteiger partial charge in [0.15, 0.2) is 6.61 Å². The minimum atomic E-state index is -4.52. The molecule has 0 atom stereocenters. The second-order valence-electron chi connectivity index (χ2n) is 13.9. The maximum atomic E-state index is 13.5. The molecule has 272 valence electrons. The second kappa shape index (κ2) is 15.0. The number of nitrogens with zero attached hydrogens (tertiary/aromatic N) is 8. The average Bonchev–Trinajstić information content (AvgIpc) is 3.96. The van der Waals surface area contributed by atoms with Crippen LogP contribution in [-0.4, -0.2) is 113 Å². The van der Waals surface area contributed by atoms with Gasteiger partial charge in [-0.2, -0.15) is 23.1 Å². The Morgan fingerprint density at radius 1 is 0.902 bits per heavy atom. The van der Waals surface area contributed by atoms with Gasteiger partial charge >= 0.3 is 6.18 Å². The quantitative estimate of drug-likeness (QED) is 0.171. The van der Waals surface area contributed by atoms with E-state index in [0.717, 1.165) is 98.1 Å². The molecule has 3 fully saturated rings. The van der Waals surface area contributed by atoms with Crippen molar-refractivity contribution in [1.82, 2.24) is 34.7 Å². The Morgan fingerprint density at radius 3 is 2.33 bits per heavy atom. The van der Waals surface area contributed by atoms with E-state index in [2.05, 4.69) is 60.7 Å². The van der Waals surface area contributed by atoms with Crippen molar-refractivity contribution >= 4 is 53.2 Å². The fraction of sp³-hybridized carbons (Fsp3) is 0.528. The number of piperidine rings is 1. The summed E-state index contributed by atoms with van der Waals surface area (Å²) in [6, 6.07) is 6.30. The highest BCUT2D eigenvalue weighted by molar-refractivity contribution is 7.65. The fourth-order valence-electron chi connectivity index (χ4n) is 7.11. The van der Waals surface area contributed by atoms with Gasteiger partial charge in [-0.05, 0) is 82.2 Å². The van der Waals surface area contributed by atoms with Gasteiger partial charge in [-0.3, -0.25) is 14.9 Å². The Morgan fingerprint density at radius 2 is 1.65 bits per heavy atom. The number of anilines is 5. The van der Waals surface area contributed by atoms with E-state index in [1.165, 1.54) is 0 Å². The van der Waals surface area contributed by atoms with E-state index in [0.29, 0.717) is 35.7 Å². The monoisotopic (exact) mass is 722 g/mol. The summed E-state index contributed by atoms with van der Waals surface area (Å²) in [7, 11) is 1.60. The number of likely N-dealkylation sites (N-methyl/N-ethyl adjacent to an activating group) is 1. The summed E-state index contributed by atoms with van der Waals surface area (Å²) in [4.78, 5) is 30.5.